The van der Waals surface area contributed by atoms with E-state index in [9.17, 15) is 9.59 Å². The minimum absolute atomic E-state index is 0.103. The zero-order chi connectivity index (χ0) is 12.6. The van der Waals surface area contributed by atoms with Gasteiger partial charge in [0.2, 0.25) is 0 Å². The molecule has 0 bridgehead atoms. The molecule has 0 heterocycles. The van der Waals surface area contributed by atoms with E-state index in [-0.39, 0.29) is 11.6 Å². The van der Waals surface area contributed by atoms with E-state index in [0.717, 1.165) is 12.8 Å². The van der Waals surface area contributed by atoms with Crippen LogP contribution in [0.4, 0.5) is 0 Å². The van der Waals surface area contributed by atoms with E-state index in [1.807, 2.05) is 6.92 Å². The lowest BCUT2D eigenvalue weighted by atomic mass is 9.95. The van der Waals surface area contributed by atoms with Crippen LogP contribution in [-0.4, -0.2) is 11.6 Å². The quantitative estimate of drug-likeness (QED) is 0.589. The van der Waals surface area contributed by atoms with E-state index in [4.69, 9.17) is 0 Å². The highest BCUT2D eigenvalue weighted by molar-refractivity contribution is 5.84. The summed E-state index contributed by atoms with van der Waals surface area (Å²) in [6.07, 6.45) is 5.68. The van der Waals surface area contributed by atoms with E-state index in [2.05, 4.69) is 19.9 Å². The molecule has 0 aliphatic heterocycles. The van der Waals surface area contributed by atoms with Gasteiger partial charge in [-0.15, -0.1) is 0 Å². The highest BCUT2D eigenvalue weighted by Crippen LogP contribution is 2.16. The second kappa shape index (κ2) is 8.26. The molecule has 16 heavy (non-hydrogen) atoms. The fourth-order valence-electron chi connectivity index (χ4n) is 1.53. The van der Waals surface area contributed by atoms with Gasteiger partial charge in [-0.05, 0) is 39.5 Å². The SMILES string of the molecule is CC=C(C)CCC(C)CC(=O)CCC(C)=O. The third kappa shape index (κ3) is 8.39. The molecule has 0 aromatic heterocycles. The molecule has 92 valence electrons. The molecule has 0 aromatic carbocycles. The Morgan fingerprint density at radius 1 is 1.12 bits per heavy atom. The standard InChI is InChI=1S/C14H24O2/c1-5-11(2)6-7-12(3)10-14(16)9-8-13(4)15/h5,12H,6-10H2,1-4H3. The molecule has 0 N–H and O–H groups in total. The van der Waals surface area contributed by atoms with Gasteiger partial charge in [-0.3, -0.25) is 4.79 Å². The summed E-state index contributed by atoms with van der Waals surface area (Å²) in [6.45, 7) is 7.79. The van der Waals surface area contributed by atoms with Crippen molar-refractivity contribution < 1.29 is 9.59 Å². The lowest BCUT2D eigenvalue weighted by molar-refractivity contribution is -0.123. The molecule has 0 aliphatic rings. The van der Waals surface area contributed by atoms with Gasteiger partial charge in [0.15, 0.2) is 0 Å². The number of Topliss-reactive ketones (excluding diaryl/α,β-unsaturated/α-hetero) is 2. The summed E-state index contributed by atoms with van der Waals surface area (Å²) in [4.78, 5) is 22.2. The fourth-order valence-corrected chi connectivity index (χ4v) is 1.53. The number of ketones is 2. The Labute approximate surface area is 99.1 Å². The van der Waals surface area contributed by atoms with Gasteiger partial charge >= 0.3 is 0 Å². The second-order valence-electron chi connectivity index (χ2n) is 4.72. The maximum absolute atomic E-state index is 11.5. The van der Waals surface area contributed by atoms with Crippen molar-refractivity contribution in [3.05, 3.63) is 11.6 Å². The minimum Gasteiger partial charge on any atom is -0.300 e. The van der Waals surface area contributed by atoms with Crippen LogP contribution in [-0.2, 0) is 9.59 Å². The fraction of sp³-hybridized carbons (Fsp3) is 0.714. The minimum atomic E-state index is 0.103. The van der Waals surface area contributed by atoms with Crippen LogP contribution in [0.15, 0.2) is 11.6 Å². The highest BCUT2D eigenvalue weighted by atomic mass is 16.1. The Hall–Kier alpha value is -0.920. The van der Waals surface area contributed by atoms with Crippen LogP contribution in [0.5, 0.6) is 0 Å². The zero-order valence-corrected chi connectivity index (χ0v) is 11.0. The van der Waals surface area contributed by atoms with Crippen molar-refractivity contribution in [3.63, 3.8) is 0 Å². The van der Waals surface area contributed by atoms with Crippen LogP contribution >= 0.6 is 0 Å². The average Bonchev–Trinajstić information content (AvgIpc) is 2.23. The van der Waals surface area contributed by atoms with Crippen molar-refractivity contribution in [2.75, 3.05) is 0 Å². The van der Waals surface area contributed by atoms with Crippen LogP contribution in [0.2, 0.25) is 0 Å². The van der Waals surface area contributed by atoms with E-state index >= 15 is 0 Å². The molecule has 0 radical (unpaired) electrons. The predicted octanol–water partition coefficient (Wildman–Crippen LogP) is 3.70. The van der Waals surface area contributed by atoms with Gasteiger partial charge in [-0.25, -0.2) is 0 Å². The lowest BCUT2D eigenvalue weighted by Gasteiger charge is -2.10. The third-order valence-corrected chi connectivity index (χ3v) is 2.86. The van der Waals surface area contributed by atoms with Gasteiger partial charge in [0.25, 0.3) is 0 Å². The number of carbonyl (C=O) groups excluding carboxylic acids is 2. The highest BCUT2D eigenvalue weighted by Gasteiger charge is 2.09. The molecule has 1 unspecified atom stereocenters. The van der Waals surface area contributed by atoms with Crippen LogP contribution in [0, 0.1) is 5.92 Å². The van der Waals surface area contributed by atoms with Crippen LogP contribution < -0.4 is 0 Å². The molecule has 0 spiro atoms. The van der Waals surface area contributed by atoms with Crippen molar-refractivity contribution in [1.82, 2.24) is 0 Å². The van der Waals surface area contributed by atoms with Crippen LogP contribution in [0.25, 0.3) is 0 Å². The van der Waals surface area contributed by atoms with Crippen molar-refractivity contribution in [3.8, 4) is 0 Å². The zero-order valence-electron chi connectivity index (χ0n) is 11.0. The Morgan fingerprint density at radius 3 is 2.25 bits per heavy atom. The summed E-state index contributed by atoms with van der Waals surface area (Å²) >= 11 is 0. The van der Waals surface area contributed by atoms with Gasteiger partial charge < -0.3 is 4.79 Å². The van der Waals surface area contributed by atoms with Crippen molar-refractivity contribution in [2.24, 2.45) is 5.92 Å². The normalized spacial score (nSPS) is 13.6. The number of rotatable bonds is 8. The molecule has 1 atom stereocenters. The van der Waals surface area contributed by atoms with E-state index < -0.39 is 0 Å². The second-order valence-corrected chi connectivity index (χ2v) is 4.72. The summed E-state index contributed by atoms with van der Waals surface area (Å²) in [6, 6.07) is 0. The Morgan fingerprint density at radius 2 is 1.75 bits per heavy atom. The summed E-state index contributed by atoms with van der Waals surface area (Å²) < 4.78 is 0. The van der Waals surface area contributed by atoms with Gasteiger partial charge in [0.05, 0.1) is 0 Å². The first-order chi connectivity index (χ1) is 7.45. The number of carbonyl (C=O) groups is 2. The Balaban J connectivity index is 3.74. The first-order valence-corrected chi connectivity index (χ1v) is 6.08. The number of allylic oxidation sites excluding steroid dienone is 2. The van der Waals surface area contributed by atoms with Crippen molar-refractivity contribution in [1.29, 1.82) is 0 Å². The van der Waals surface area contributed by atoms with E-state index in [1.54, 1.807) is 0 Å². The molecule has 0 aliphatic carbocycles. The molecule has 0 saturated carbocycles. The summed E-state index contributed by atoms with van der Waals surface area (Å²) in [5.41, 5.74) is 1.38. The largest absolute Gasteiger partial charge is 0.300 e. The lowest BCUT2D eigenvalue weighted by Crippen LogP contribution is -2.07. The summed E-state index contributed by atoms with van der Waals surface area (Å²) in [5.74, 6) is 0.751. The number of hydrogen-bond donors (Lipinski definition) is 0. The molecular formula is C14H24O2. The smallest absolute Gasteiger partial charge is 0.133 e. The van der Waals surface area contributed by atoms with Gasteiger partial charge in [-0.1, -0.05) is 18.6 Å². The molecule has 0 aromatic rings. The molecule has 2 nitrogen and oxygen atoms in total. The molecular weight excluding hydrogens is 200 g/mol. The van der Waals surface area contributed by atoms with Gasteiger partial charge in [0.1, 0.15) is 11.6 Å². The predicted molar refractivity (Wildman–Crippen MR) is 67.4 cm³/mol. The molecule has 0 rings (SSSR count). The Kier molecular flexibility index (Phi) is 7.78. The first kappa shape index (κ1) is 15.1. The van der Waals surface area contributed by atoms with Crippen molar-refractivity contribution in [2.45, 2.75) is 59.8 Å². The molecule has 0 fully saturated rings. The topological polar surface area (TPSA) is 34.1 Å². The first-order valence-electron chi connectivity index (χ1n) is 6.08. The molecule has 0 amide bonds. The Bertz CT molecular complexity index is 264. The third-order valence-electron chi connectivity index (χ3n) is 2.86. The number of hydrogen-bond acceptors (Lipinski definition) is 2. The van der Waals surface area contributed by atoms with Crippen molar-refractivity contribution >= 4 is 11.6 Å². The molecule has 0 saturated heterocycles. The van der Waals surface area contributed by atoms with E-state index in [0.29, 0.717) is 25.2 Å². The molecule has 2 heteroatoms. The maximum Gasteiger partial charge on any atom is 0.133 e. The van der Waals surface area contributed by atoms with Crippen LogP contribution in [0.1, 0.15) is 59.8 Å². The van der Waals surface area contributed by atoms with E-state index in [1.165, 1.54) is 12.5 Å². The van der Waals surface area contributed by atoms with Gasteiger partial charge in [-0.2, -0.15) is 0 Å². The summed E-state index contributed by atoms with van der Waals surface area (Å²) in [5, 5.41) is 0. The van der Waals surface area contributed by atoms with Gasteiger partial charge in [0, 0.05) is 19.3 Å². The maximum atomic E-state index is 11.5. The monoisotopic (exact) mass is 224 g/mol. The summed E-state index contributed by atoms with van der Waals surface area (Å²) in [7, 11) is 0. The van der Waals surface area contributed by atoms with Crippen LogP contribution in [0.3, 0.4) is 0 Å². The average molecular weight is 224 g/mol.